The van der Waals surface area contributed by atoms with Crippen molar-refractivity contribution in [3.8, 4) is 0 Å². The van der Waals surface area contributed by atoms with Crippen molar-refractivity contribution in [3.05, 3.63) is 54.2 Å². The number of rotatable bonds is 4. The lowest BCUT2D eigenvalue weighted by Gasteiger charge is -2.17. The SMILES string of the molecule is CC(C)SC1=CC=C(Br)C2=C(Br)C=CC(SC(C)C)=C1C2. The Labute approximate surface area is 153 Å². The molecule has 0 aromatic rings. The van der Waals surface area contributed by atoms with Crippen molar-refractivity contribution in [1.29, 1.82) is 0 Å². The highest BCUT2D eigenvalue weighted by atomic mass is 79.9. The molecule has 4 heteroatoms. The van der Waals surface area contributed by atoms with E-state index in [2.05, 4.69) is 83.9 Å². The Morgan fingerprint density at radius 1 is 0.905 bits per heavy atom. The van der Waals surface area contributed by atoms with E-state index in [1.807, 2.05) is 23.5 Å². The minimum Gasteiger partial charge on any atom is -0.123 e. The number of halogens is 2. The Bertz CT molecular complexity index is 576. The lowest BCUT2D eigenvalue weighted by atomic mass is 10.1. The van der Waals surface area contributed by atoms with Crippen LogP contribution in [0.1, 0.15) is 34.1 Å². The normalized spacial score (nSPS) is 19.0. The zero-order valence-electron chi connectivity index (χ0n) is 12.7. The fourth-order valence-electron chi connectivity index (χ4n) is 2.18. The van der Waals surface area contributed by atoms with E-state index in [0.717, 1.165) is 6.42 Å². The molecule has 0 aromatic carbocycles. The summed E-state index contributed by atoms with van der Waals surface area (Å²) in [6, 6.07) is 0. The first-order chi connectivity index (χ1) is 9.88. The predicted octanol–water partition coefficient (Wildman–Crippen LogP) is 7.31. The molecule has 0 aromatic heterocycles. The molecule has 0 heterocycles. The summed E-state index contributed by atoms with van der Waals surface area (Å²) in [6.07, 6.45) is 9.87. The third-order valence-electron chi connectivity index (χ3n) is 3.01. The summed E-state index contributed by atoms with van der Waals surface area (Å²) in [6.45, 7) is 9.02. The first kappa shape index (κ1) is 17.7. The second kappa shape index (κ2) is 7.76. The molecule has 0 N–H and O–H groups in total. The summed E-state index contributed by atoms with van der Waals surface area (Å²) in [4.78, 5) is 2.79. The number of hydrogen-bond acceptors (Lipinski definition) is 2. The van der Waals surface area contributed by atoms with Crippen LogP contribution in [0, 0.1) is 0 Å². The van der Waals surface area contributed by atoms with Crippen LogP contribution in [0.25, 0.3) is 0 Å². The fraction of sp³-hybridized carbons (Fsp3) is 0.412. The maximum atomic E-state index is 3.72. The van der Waals surface area contributed by atoms with Crippen LogP contribution in [-0.4, -0.2) is 10.5 Å². The molecule has 0 saturated heterocycles. The van der Waals surface area contributed by atoms with E-state index >= 15 is 0 Å². The van der Waals surface area contributed by atoms with Crippen molar-refractivity contribution in [2.75, 3.05) is 0 Å². The second-order valence-electron chi connectivity index (χ2n) is 5.56. The van der Waals surface area contributed by atoms with E-state index in [0.29, 0.717) is 10.5 Å². The number of fused-ring (bicyclic) bond motifs is 2. The highest BCUT2D eigenvalue weighted by Gasteiger charge is 2.22. The van der Waals surface area contributed by atoms with Gasteiger partial charge in [-0.25, -0.2) is 0 Å². The van der Waals surface area contributed by atoms with Gasteiger partial charge in [0, 0.05) is 35.7 Å². The fourth-order valence-corrected chi connectivity index (χ4v) is 5.44. The molecule has 0 fully saturated rings. The first-order valence-electron chi connectivity index (χ1n) is 7.10. The molecular formula is C17H20Br2S2. The van der Waals surface area contributed by atoms with E-state index < -0.39 is 0 Å². The second-order valence-corrected chi connectivity index (χ2v) is 10.5. The lowest BCUT2D eigenvalue weighted by molar-refractivity contribution is 1.11. The molecule has 0 spiro atoms. The molecular weight excluding hydrogens is 428 g/mol. The summed E-state index contributed by atoms with van der Waals surface area (Å²) < 4.78 is 2.35. The zero-order chi connectivity index (χ0) is 15.6. The summed E-state index contributed by atoms with van der Waals surface area (Å²) >= 11 is 11.4. The Hall–Kier alpha value is 0.360. The van der Waals surface area contributed by atoms with Gasteiger partial charge in [0.25, 0.3) is 0 Å². The lowest BCUT2D eigenvalue weighted by Crippen LogP contribution is -1.97. The van der Waals surface area contributed by atoms with Crippen molar-refractivity contribution < 1.29 is 0 Å². The molecule has 114 valence electrons. The minimum absolute atomic E-state index is 0.586. The Morgan fingerprint density at radius 2 is 1.57 bits per heavy atom. The van der Waals surface area contributed by atoms with Crippen LogP contribution in [0.5, 0.6) is 0 Å². The maximum absolute atomic E-state index is 3.72. The van der Waals surface area contributed by atoms with Crippen LogP contribution in [0.15, 0.2) is 54.2 Å². The quantitative estimate of drug-likeness (QED) is 0.442. The van der Waals surface area contributed by atoms with E-state index in [4.69, 9.17) is 0 Å². The molecule has 2 bridgehead atoms. The van der Waals surface area contributed by atoms with Crippen LogP contribution >= 0.6 is 55.4 Å². The highest BCUT2D eigenvalue weighted by molar-refractivity contribution is 9.12. The van der Waals surface area contributed by atoms with Gasteiger partial charge >= 0.3 is 0 Å². The van der Waals surface area contributed by atoms with Gasteiger partial charge in [-0.2, -0.15) is 0 Å². The van der Waals surface area contributed by atoms with Gasteiger partial charge < -0.3 is 0 Å². The molecule has 21 heavy (non-hydrogen) atoms. The monoisotopic (exact) mass is 446 g/mol. The van der Waals surface area contributed by atoms with Crippen molar-refractivity contribution in [2.24, 2.45) is 0 Å². The molecule has 2 aliphatic carbocycles. The van der Waals surface area contributed by atoms with Crippen molar-refractivity contribution >= 4 is 55.4 Å². The van der Waals surface area contributed by atoms with Crippen LogP contribution in [0.2, 0.25) is 0 Å². The van der Waals surface area contributed by atoms with Crippen LogP contribution in [0.3, 0.4) is 0 Å². The Kier molecular flexibility index (Phi) is 6.54. The number of thioether (sulfide) groups is 2. The predicted molar refractivity (Wildman–Crippen MR) is 107 cm³/mol. The zero-order valence-corrected chi connectivity index (χ0v) is 17.5. The molecule has 0 aliphatic heterocycles. The smallest absolute Gasteiger partial charge is 0.0222 e. The van der Waals surface area contributed by atoms with Gasteiger partial charge in [0.2, 0.25) is 0 Å². The first-order valence-corrected chi connectivity index (χ1v) is 10.4. The molecule has 0 atom stereocenters. The van der Waals surface area contributed by atoms with Gasteiger partial charge in [-0.15, -0.1) is 23.5 Å². The van der Waals surface area contributed by atoms with Crippen molar-refractivity contribution in [1.82, 2.24) is 0 Å². The van der Waals surface area contributed by atoms with Crippen molar-refractivity contribution in [2.45, 2.75) is 44.6 Å². The third kappa shape index (κ3) is 4.66. The van der Waals surface area contributed by atoms with Gasteiger partial charge in [0.05, 0.1) is 0 Å². The largest absolute Gasteiger partial charge is 0.123 e. The van der Waals surface area contributed by atoms with Crippen LogP contribution < -0.4 is 0 Å². The van der Waals surface area contributed by atoms with Crippen LogP contribution in [0.4, 0.5) is 0 Å². The molecule has 0 unspecified atom stereocenters. The van der Waals surface area contributed by atoms with E-state index in [9.17, 15) is 0 Å². The minimum atomic E-state index is 0.586. The summed E-state index contributed by atoms with van der Waals surface area (Å²) in [5, 5.41) is 1.17. The average molecular weight is 448 g/mol. The molecule has 2 aliphatic rings. The Balaban J connectivity index is 2.52. The third-order valence-corrected chi connectivity index (χ3v) is 6.71. The summed E-state index contributed by atoms with van der Waals surface area (Å²) in [5.41, 5.74) is 2.79. The number of allylic oxidation sites excluding steroid dienone is 8. The van der Waals surface area contributed by atoms with Gasteiger partial charge in [-0.3, -0.25) is 0 Å². The van der Waals surface area contributed by atoms with E-state index in [1.54, 1.807) is 0 Å². The topological polar surface area (TPSA) is 0 Å². The Morgan fingerprint density at radius 3 is 2.19 bits per heavy atom. The van der Waals surface area contributed by atoms with Crippen LogP contribution in [-0.2, 0) is 0 Å². The van der Waals surface area contributed by atoms with Gasteiger partial charge in [0.15, 0.2) is 0 Å². The summed E-state index contributed by atoms with van der Waals surface area (Å²) in [7, 11) is 0. The van der Waals surface area contributed by atoms with E-state index in [-0.39, 0.29) is 0 Å². The maximum Gasteiger partial charge on any atom is 0.0222 e. The standard InChI is InChI=1S/C17H20Br2S2/c1-10(2)20-16-7-5-14(18)12-9-13(16)17(21-11(3)4)8-6-15(12)19/h5-8,10-11H,9H2,1-4H3. The van der Waals surface area contributed by atoms with Gasteiger partial charge in [-0.05, 0) is 35.5 Å². The molecule has 0 radical (unpaired) electrons. The average Bonchev–Trinajstić information content (AvgIpc) is 2.63. The van der Waals surface area contributed by atoms with Gasteiger partial charge in [-0.1, -0.05) is 59.6 Å². The van der Waals surface area contributed by atoms with Crippen molar-refractivity contribution in [3.63, 3.8) is 0 Å². The number of hydrogen-bond donors (Lipinski definition) is 0. The highest BCUT2D eigenvalue weighted by Crippen LogP contribution is 2.45. The van der Waals surface area contributed by atoms with Gasteiger partial charge in [0.1, 0.15) is 0 Å². The molecule has 0 nitrogen and oxygen atoms in total. The van der Waals surface area contributed by atoms with E-state index in [1.165, 1.54) is 29.9 Å². The summed E-state index contributed by atoms with van der Waals surface area (Å²) in [5.74, 6) is 0. The molecule has 0 saturated carbocycles. The molecule has 2 rings (SSSR count). The molecule has 0 amide bonds.